The van der Waals surface area contributed by atoms with Crippen LogP contribution in [0.2, 0.25) is 5.02 Å². The molecule has 3 heterocycles. The van der Waals surface area contributed by atoms with Gasteiger partial charge in [0.25, 0.3) is 11.8 Å². The van der Waals surface area contributed by atoms with Crippen LogP contribution in [0.25, 0.3) is 0 Å². The van der Waals surface area contributed by atoms with Gasteiger partial charge in [0.15, 0.2) is 0 Å². The minimum Gasteiger partial charge on any atom is -0.339 e. The highest BCUT2D eigenvalue weighted by Gasteiger charge is 2.41. The molecular weight excluding hydrogens is 382 g/mol. The van der Waals surface area contributed by atoms with Crippen molar-refractivity contribution < 1.29 is 9.59 Å². The minimum absolute atomic E-state index is 0.0350. The number of amides is 2. The number of piperidine rings is 2. The molecule has 1 aromatic carbocycles. The average molecular weight is 404 g/mol. The summed E-state index contributed by atoms with van der Waals surface area (Å²) in [5.41, 5.74) is 3.01. The summed E-state index contributed by atoms with van der Waals surface area (Å²) >= 11 is 7.47. The van der Waals surface area contributed by atoms with Crippen LogP contribution in [0.5, 0.6) is 0 Å². The number of halogens is 1. The second-order valence-electron chi connectivity index (χ2n) is 7.51. The Kier molecular flexibility index (Phi) is 5.19. The summed E-state index contributed by atoms with van der Waals surface area (Å²) < 4.78 is 0. The molecule has 0 atom stereocenters. The molecule has 2 fully saturated rings. The van der Waals surface area contributed by atoms with Crippen LogP contribution in [0.15, 0.2) is 35.2 Å². The van der Waals surface area contributed by atoms with E-state index in [1.54, 1.807) is 17.6 Å². The Hall–Kier alpha value is -1.92. The van der Waals surface area contributed by atoms with Gasteiger partial charge in [-0.15, -0.1) is 11.3 Å². The third kappa shape index (κ3) is 3.87. The quantitative estimate of drug-likeness (QED) is 0.762. The van der Waals surface area contributed by atoms with Crippen LogP contribution in [0.4, 0.5) is 0 Å². The molecule has 0 unspecified atom stereocenters. The lowest BCUT2D eigenvalue weighted by molar-refractivity contribution is 0.0199. The predicted octanol–water partition coefficient (Wildman–Crippen LogP) is 3.96. The van der Waals surface area contributed by atoms with E-state index < -0.39 is 0 Å². The van der Waals surface area contributed by atoms with Crippen LogP contribution in [0.3, 0.4) is 0 Å². The second kappa shape index (κ2) is 7.60. The Morgan fingerprint density at radius 1 is 1.07 bits per heavy atom. The lowest BCUT2D eigenvalue weighted by Gasteiger charge is -2.47. The standard InChI is InChI=1S/C20H22ClN3O2S/c21-16-4-1-3-15(11-16)18(25)23-9-6-20(7-10-23)5-2-8-24(13-20)19(26)17-12-27-14-22-17/h1,3-4,11-12,14H,2,5-10,13H2. The van der Waals surface area contributed by atoms with E-state index in [2.05, 4.69) is 4.98 Å². The summed E-state index contributed by atoms with van der Waals surface area (Å²) in [6, 6.07) is 7.13. The molecule has 2 aromatic rings. The lowest BCUT2D eigenvalue weighted by atomic mass is 9.72. The average Bonchev–Trinajstić information content (AvgIpc) is 3.22. The predicted molar refractivity (Wildman–Crippen MR) is 106 cm³/mol. The third-order valence-corrected chi connectivity index (χ3v) is 6.60. The third-order valence-electron chi connectivity index (χ3n) is 5.78. The normalized spacial score (nSPS) is 19.3. The number of carbonyl (C=O) groups is 2. The van der Waals surface area contributed by atoms with Crippen LogP contribution >= 0.6 is 22.9 Å². The molecule has 2 aliphatic rings. The number of carbonyl (C=O) groups excluding carboxylic acids is 2. The van der Waals surface area contributed by atoms with Gasteiger partial charge in [0.05, 0.1) is 5.51 Å². The van der Waals surface area contributed by atoms with Gasteiger partial charge in [-0.05, 0) is 49.3 Å². The lowest BCUT2D eigenvalue weighted by Crippen LogP contribution is -2.52. The van der Waals surface area contributed by atoms with Crippen molar-refractivity contribution in [2.24, 2.45) is 5.41 Å². The van der Waals surface area contributed by atoms with Crippen LogP contribution in [0.1, 0.15) is 46.5 Å². The van der Waals surface area contributed by atoms with Gasteiger partial charge in [-0.25, -0.2) is 4.98 Å². The largest absolute Gasteiger partial charge is 0.339 e. The maximum Gasteiger partial charge on any atom is 0.273 e. The zero-order valence-corrected chi connectivity index (χ0v) is 16.6. The molecule has 4 rings (SSSR count). The van der Waals surface area contributed by atoms with Gasteiger partial charge in [-0.2, -0.15) is 0 Å². The molecule has 0 N–H and O–H groups in total. The summed E-state index contributed by atoms with van der Waals surface area (Å²) in [7, 11) is 0. The Bertz CT molecular complexity index is 832. The minimum atomic E-state index is 0.0350. The van der Waals surface area contributed by atoms with Gasteiger partial charge in [-0.3, -0.25) is 9.59 Å². The van der Waals surface area contributed by atoms with Gasteiger partial charge >= 0.3 is 0 Å². The summed E-state index contributed by atoms with van der Waals surface area (Å²) in [6.07, 6.45) is 3.99. The number of aromatic nitrogens is 1. The smallest absolute Gasteiger partial charge is 0.273 e. The van der Waals surface area contributed by atoms with E-state index in [4.69, 9.17) is 11.6 Å². The zero-order valence-electron chi connectivity index (χ0n) is 15.1. The van der Waals surface area contributed by atoms with Crippen molar-refractivity contribution in [2.45, 2.75) is 25.7 Å². The Morgan fingerprint density at radius 3 is 2.59 bits per heavy atom. The highest BCUT2D eigenvalue weighted by atomic mass is 35.5. The number of hydrogen-bond donors (Lipinski definition) is 0. The molecule has 1 aromatic heterocycles. The molecule has 0 aliphatic carbocycles. The Labute approximate surface area is 167 Å². The highest BCUT2D eigenvalue weighted by molar-refractivity contribution is 7.07. The van der Waals surface area contributed by atoms with E-state index in [1.165, 1.54) is 11.3 Å². The molecule has 2 aliphatic heterocycles. The van der Waals surface area contributed by atoms with Crippen molar-refractivity contribution in [3.8, 4) is 0 Å². The SMILES string of the molecule is O=C(c1cccc(Cl)c1)N1CCC2(CCCN(C(=O)c3cscn3)C2)CC1. The van der Waals surface area contributed by atoms with E-state index in [-0.39, 0.29) is 17.2 Å². The zero-order chi connectivity index (χ0) is 18.9. The molecule has 0 bridgehead atoms. The molecule has 5 nitrogen and oxygen atoms in total. The van der Waals surface area contributed by atoms with Gasteiger partial charge in [-0.1, -0.05) is 17.7 Å². The van der Waals surface area contributed by atoms with E-state index in [0.717, 1.165) is 51.9 Å². The van der Waals surface area contributed by atoms with Crippen LogP contribution < -0.4 is 0 Å². The summed E-state index contributed by atoms with van der Waals surface area (Å²) in [5.74, 6) is 0.0753. The molecular formula is C20H22ClN3O2S. The number of rotatable bonds is 2. The number of likely N-dealkylation sites (tertiary alicyclic amines) is 2. The summed E-state index contributed by atoms with van der Waals surface area (Å²) in [4.78, 5) is 33.4. The molecule has 7 heteroatoms. The molecule has 27 heavy (non-hydrogen) atoms. The van der Waals surface area contributed by atoms with Crippen molar-refractivity contribution in [3.05, 3.63) is 51.4 Å². The van der Waals surface area contributed by atoms with Gasteiger partial charge in [0, 0.05) is 42.1 Å². The Balaban J connectivity index is 1.40. The molecule has 2 amide bonds. The maximum atomic E-state index is 12.7. The van der Waals surface area contributed by atoms with Crippen LogP contribution in [-0.2, 0) is 0 Å². The summed E-state index contributed by atoms with van der Waals surface area (Å²) in [5, 5.41) is 2.40. The van der Waals surface area contributed by atoms with E-state index in [9.17, 15) is 9.59 Å². The molecule has 2 saturated heterocycles. The Morgan fingerprint density at radius 2 is 1.89 bits per heavy atom. The molecule has 0 radical (unpaired) electrons. The van der Waals surface area contributed by atoms with Gasteiger partial charge in [0.1, 0.15) is 5.69 Å². The number of hydrogen-bond acceptors (Lipinski definition) is 4. The van der Waals surface area contributed by atoms with Crippen molar-refractivity contribution in [1.29, 1.82) is 0 Å². The topological polar surface area (TPSA) is 53.5 Å². The first-order valence-electron chi connectivity index (χ1n) is 9.29. The van der Waals surface area contributed by atoms with Gasteiger partial charge in [0.2, 0.25) is 0 Å². The molecule has 0 saturated carbocycles. The van der Waals surface area contributed by atoms with Crippen molar-refractivity contribution in [2.75, 3.05) is 26.2 Å². The number of nitrogens with zero attached hydrogens (tertiary/aromatic N) is 3. The fourth-order valence-corrected chi connectivity index (χ4v) is 4.97. The summed E-state index contributed by atoms with van der Waals surface area (Å²) in [6.45, 7) is 3.01. The van der Waals surface area contributed by atoms with Crippen molar-refractivity contribution in [3.63, 3.8) is 0 Å². The fourth-order valence-electron chi connectivity index (χ4n) is 4.26. The highest BCUT2D eigenvalue weighted by Crippen LogP contribution is 2.40. The first kappa shape index (κ1) is 18.4. The van der Waals surface area contributed by atoms with Gasteiger partial charge < -0.3 is 9.80 Å². The first-order valence-corrected chi connectivity index (χ1v) is 10.6. The first-order chi connectivity index (χ1) is 13.1. The number of benzene rings is 1. The van der Waals surface area contributed by atoms with E-state index in [1.807, 2.05) is 27.3 Å². The van der Waals surface area contributed by atoms with Crippen molar-refractivity contribution in [1.82, 2.24) is 14.8 Å². The molecule has 1 spiro atoms. The van der Waals surface area contributed by atoms with Crippen LogP contribution in [0, 0.1) is 5.41 Å². The number of thiazole rings is 1. The fraction of sp³-hybridized carbons (Fsp3) is 0.450. The maximum absolute atomic E-state index is 12.7. The second-order valence-corrected chi connectivity index (χ2v) is 8.66. The van der Waals surface area contributed by atoms with E-state index in [0.29, 0.717) is 16.3 Å². The molecule has 142 valence electrons. The monoisotopic (exact) mass is 403 g/mol. The van der Waals surface area contributed by atoms with E-state index >= 15 is 0 Å². The van der Waals surface area contributed by atoms with Crippen LogP contribution in [-0.4, -0.2) is 52.8 Å². The van der Waals surface area contributed by atoms with Crippen molar-refractivity contribution >= 4 is 34.8 Å².